The molecule has 1 aromatic carbocycles. The highest BCUT2D eigenvalue weighted by Crippen LogP contribution is 2.38. The van der Waals surface area contributed by atoms with Crippen molar-refractivity contribution in [2.24, 2.45) is 5.92 Å². The lowest BCUT2D eigenvalue weighted by Crippen LogP contribution is -2.38. The standard InChI is InChI=1S/C30H36ClN5O6/c1-30(2,3)42-29(38)35-28-34-25(31)24-26(33-18-32-24)36(28)17-20-12-13-22(41-23-11-7-8-15-39-23)21(20)14-16-40-27(37)19-9-5-4-6-10-19/h4-6,9-10,17-18,21-23H,7-8,11-16H2,1-3H3,(H,32,33,34,35,38)/p+1. The van der Waals surface area contributed by atoms with E-state index in [9.17, 15) is 9.59 Å². The summed E-state index contributed by atoms with van der Waals surface area (Å²) in [7, 11) is 0. The van der Waals surface area contributed by atoms with E-state index in [1.807, 2.05) is 12.3 Å². The molecule has 2 aliphatic rings. The number of nitrogens with zero attached hydrogens (tertiary/aromatic N) is 3. The van der Waals surface area contributed by atoms with E-state index >= 15 is 0 Å². The van der Waals surface area contributed by atoms with E-state index in [2.05, 4.69) is 20.3 Å². The van der Waals surface area contributed by atoms with Gasteiger partial charge < -0.3 is 23.9 Å². The third-order valence-electron chi connectivity index (χ3n) is 7.17. The van der Waals surface area contributed by atoms with Crippen LogP contribution >= 0.6 is 11.6 Å². The third kappa shape index (κ3) is 7.45. The van der Waals surface area contributed by atoms with Gasteiger partial charge in [0.2, 0.25) is 5.15 Å². The number of esters is 1. The predicted molar refractivity (Wildman–Crippen MR) is 156 cm³/mol. The molecular weight excluding hydrogens is 562 g/mol. The maximum atomic E-state index is 12.7. The van der Waals surface area contributed by atoms with Crippen LogP contribution in [0.5, 0.6) is 0 Å². The number of rotatable bonds is 8. The Labute approximate surface area is 249 Å². The van der Waals surface area contributed by atoms with Gasteiger partial charge in [0, 0.05) is 12.5 Å². The van der Waals surface area contributed by atoms with Crippen molar-refractivity contribution in [1.82, 2.24) is 15.0 Å². The lowest BCUT2D eigenvalue weighted by Gasteiger charge is -2.29. The van der Waals surface area contributed by atoms with E-state index in [1.54, 1.807) is 49.6 Å². The van der Waals surface area contributed by atoms with Gasteiger partial charge in [-0.05, 0) is 88.6 Å². The number of anilines is 1. The van der Waals surface area contributed by atoms with Crippen molar-refractivity contribution in [3.63, 3.8) is 0 Å². The molecule has 12 heteroatoms. The van der Waals surface area contributed by atoms with Crippen molar-refractivity contribution < 1.29 is 33.1 Å². The summed E-state index contributed by atoms with van der Waals surface area (Å²) in [6.45, 7) is 6.24. The zero-order chi connectivity index (χ0) is 29.7. The molecule has 42 heavy (non-hydrogen) atoms. The first-order valence-electron chi connectivity index (χ1n) is 14.3. The van der Waals surface area contributed by atoms with Crippen molar-refractivity contribution in [2.45, 2.75) is 77.3 Å². The van der Waals surface area contributed by atoms with Crippen molar-refractivity contribution in [2.75, 3.05) is 18.5 Å². The molecule has 1 saturated heterocycles. The molecule has 0 radical (unpaired) electrons. The molecule has 2 fully saturated rings. The maximum absolute atomic E-state index is 12.7. The first-order valence-corrected chi connectivity index (χ1v) is 14.7. The van der Waals surface area contributed by atoms with Crippen LogP contribution < -0.4 is 9.88 Å². The summed E-state index contributed by atoms with van der Waals surface area (Å²) in [6.07, 6.45) is 7.34. The molecular formula is C30H37ClN5O6+. The number of halogens is 1. The molecule has 3 unspecified atom stereocenters. The van der Waals surface area contributed by atoms with E-state index < -0.39 is 11.7 Å². The normalized spacial score (nSPS) is 21.9. The minimum atomic E-state index is -0.701. The highest BCUT2D eigenvalue weighted by atomic mass is 35.5. The van der Waals surface area contributed by atoms with Gasteiger partial charge in [0.1, 0.15) is 5.60 Å². The quantitative estimate of drug-likeness (QED) is 0.193. The molecule has 1 saturated carbocycles. The maximum Gasteiger partial charge on any atom is 0.461 e. The minimum absolute atomic E-state index is 0.0781. The SMILES string of the molecule is CC(C)(C)OC(=O)Nc1nc(Cl)c2[nH]cnc2[n+]1C=C1CCC(OC2CCCCO2)C1CCOC(=O)c1ccccc1. The number of fused-ring (bicyclic) bond motifs is 1. The fraction of sp³-hybridized carbons (Fsp3) is 0.500. The number of H-pyrrole nitrogens is 1. The van der Waals surface area contributed by atoms with Gasteiger partial charge in [0.25, 0.3) is 5.65 Å². The number of ether oxygens (including phenoxy) is 4. The predicted octanol–water partition coefficient (Wildman–Crippen LogP) is 5.66. The molecule has 0 bridgehead atoms. The van der Waals surface area contributed by atoms with Gasteiger partial charge >= 0.3 is 18.0 Å². The van der Waals surface area contributed by atoms with Crippen LogP contribution in [0.4, 0.5) is 10.7 Å². The molecule has 3 aromatic rings. The zero-order valence-corrected chi connectivity index (χ0v) is 24.9. The summed E-state index contributed by atoms with van der Waals surface area (Å²) in [5.41, 5.74) is 1.86. The van der Waals surface area contributed by atoms with Crippen LogP contribution in [0.25, 0.3) is 17.4 Å². The molecule has 1 aliphatic heterocycles. The Morgan fingerprint density at radius 1 is 1.21 bits per heavy atom. The van der Waals surface area contributed by atoms with Crippen LogP contribution in [-0.2, 0) is 18.9 Å². The molecule has 2 aromatic heterocycles. The highest BCUT2D eigenvalue weighted by molar-refractivity contribution is 6.33. The first-order chi connectivity index (χ1) is 20.2. The summed E-state index contributed by atoms with van der Waals surface area (Å²) < 4.78 is 25.1. The van der Waals surface area contributed by atoms with E-state index in [1.165, 1.54) is 6.33 Å². The summed E-state index contributed by atoms with van der Waals surface area (Å²) >= 11 is 6.43. The molecule has 11 nitrogen and oxygen atoms in total. The largest absolute Gasteiger partial charge is 0.462 e. The van der Waals surface area contributed by atoms with Gasteiger partial charge in [-0.2, -0.15) is 9.88 Å². The second kappa shape index (κ2) is 13.2. The van der Waals surface area contributed by atoms with Crippen molar-refractivity contribution in [1.29, 1.82) is 0 Å². The van der Waals surface area contributed by atoms with Gasteiger partial charge in [-0.1, -0.05) is 23.2 Å². The first kappa shape index (κ1) is 29.9. The topological polar surface area (TPSA) is 129 Å². The van der Waals surface area contributed by atoms with Crippen LogP contribution in [0, 0.1) is 5.92 Å². The molecule has 5 rings (SSSR count). The molecule has 1 aliphatic carbocycles. The van der Waals surface area contributed by atoms with Gasteiger partial charge in [-0.3, -0.25) is 0 Å². The lowest BCUT2D eigenvalue weighted by atomic mass is 9.97. The minimum Gasteiger partial charge on any atom is -0.462 e. The summed E-state index contributed by atoms with van der Waals surface area (Å²) in [5.74, 6) is -0.285. The van der Waals surface area contributed by atoms with Crippen LogP contribution in [0.2, 0.25) is 5.15 Å². The number of hydrogen-bond donors (Lipinski definition) is 2. The van der Waals surface area contributed by atoms with E-state index in [-0.39, 0.29) is 42.0 Å². The molecule has 0 spiro atoms. The van der Waals surface area contributed by atoms with Crippen molar-refractivity contribution in [3.8, 4) is 0 Å². The Kier molecular flexibility index (Phi) is 9.40. The van der Waals surface area contributed by atoms with Gasteiger partial charge in [-0.15, -0.1) is 4.98 Å². The molecule has 2 N–H and O–H groups in total. The Morgan fingerprint density at radius 3 is 2.76 bits per heavy atom. The van der Waals surface area contributed by atoms with E-state index in [0.717, 1.165) is 37.7 Å². The second-order valence-corrected chi connectivity index (χ2v) is 11.8. The number of nitrogens with one attached hydrogen (secondary N) is 2. The number of carbonyl (C=O) groups excluding carboxylic acids is 2. The molecule has 1 amide bonds. The summed E-state index contributed by atoms with van der Waals surface area (Å²) in [6, 6.07) is 8.92. The second-order valence-electron chi connectivity index (χ2n) is 11.4. The van der Waals surface area contributed by atoms with Gasteiger partial charge in [-0.25, -0.2) is 9.59 Å². The molecule has 3 atom stereocenters. The van der Waals surface area contributed by atoms with Gasteiger partial charge in [0.15, 0.2) is 18.1 Å². The number of imidazole rings is 1. The van der Waals surface area contributed by atoms with Crippen LogP contribution in [0.3, 0.4) is 0 Å². The van der Waals surface area contributed by atoms with Crippen molar-refractivity contribution in [3.05, 3.63) is 52.9 Å². The van der Waals surface area contributed by atoms with Crippen LogP contribution in [-0.4, -0.2) is 58.2 Å². The summed E-state index contributed by atoms with van der Waals surface area (Å²) in [4.78, 5) is 37.2. The van der Waals surface area contributed by atoms with Crippen LogP contribution in [0.15, 0.2) is 42.2 Å². The highest BCUT2D eigenvalue weighted by Gasteiger charge is 2.36. The summed E-state index contributed by atoms with van der Waals surface area (Å²) in [5, 5.41) is 2.88. The number of aromatic nitrogens is 4. The number of carbonyl (C=O) groups is 2. The monoisotopic (exact) mass is 598 g/mol. The average Bonchev–Trinajstić information content (AvgIpc) is 3.59. The number of hydrogen-bond acceptors (Lipinski definition) is 8. The fourth-order valence-corrected chi connectivity index (χ4v) is 5.49. The third-order valence-corrected chi connectivity index (χ3v) is 7.45. The Hall–Kier alpha value is -3.54. The van der Waals surface area contributed by atoms with E-state index in [0.29, 0.717) is 29.8 Å². The van der Waals surface area contributed by atoms with Gasteiger partial charge in [0.05, 0.1) is 24.5 Å². The smallest absolute Gasteiger partial charge is 0.461 e. The lowest BCUT2D eigenvalue weighted by molar-refractivity contribution is -0.528. The molecule has 3 heterocycles. The fourth-order valence-electron chi connectivity index (χ4n) is 5.27. The van der Waals surface area contributed by atoms with E-state index in [4.69, 9.17) is 30.5 Å². The molecule has 224 valence electrons. The number of aromatic amines is 1. The number of benzene rings is 1. The number of amides is 1. The zero-order valence-electron chi connectivity index (χ0n) is 24.1. The Bertz CT molecular complexity index is 1430. The Balaban J connectivity index is 1.42. The van der Waals surface area contributed by atoms with Crippen LogP contribution in [0.1, 0.15) is 69.7 Å². The average molecular weight is 599 g/mol. The Morgan fingerprint density at radius 2 is 2.02 bits per heavy atom. The van der Waals surface area contributed by atoms with Crippen molar-refractivity contribution >= 4 is 47.0 Å².